The van der Waals surface area contributed by atoms with E-state index >= 15 is 0 Å². The van der Waals surface area contributed by atoms with Gasteiger partial charge >= 0.3 is 0 Å². The number of rotatable bonds is 7. The lowest BCUT2D eigenvalue weighted by molar-refractivity contribution is 0.0194. The molecule has 4 rings (SSSR count). The number of nitrogens with one attached hydrogen (secondary N) is 1. The summed E-state index contributed by atoms with van der Waals surface area (Å²) in [5, 5.41) is 3.58. The predicted molar refractivity (Wildman–Crippen MR) is 117 cm³/mol. The molecule has 4 heterocycles. The van der Waals surface area contributed by atoms with Crippen LogP contribution in [0.25, 0.3) is 11.5 Å². The Labute approximate surface area is 176 Å². The van der Waals surface area contributed by atoms with Crippen LogP contribution in [0.3, 0.4) is 0 Å². The summed E-state index contributed by atoms with van der Waals surface area (Å²) in [5.41, 5.74) is 1.81. The second kappa shape index (κ2) is 9.43. The molecule has 3 aromatic heterocycles. The molecule has 152 valence electrons. The van der Waals surface area contributed by atoms with Crippen molar-refractivity contribution >= 4 is 17.2 Å². The van der Waals surface area contributed by atoms with Crippen molar-refractivity contribution in [1.29, 1.82) is 0 Å². The maximum atomic E-state index is 5.56. The third-order valence-electron chi connectivity index (χ3n) is 5.09. The first-order valence-corrected chi connectivity index (χ1v) is 11.0. The Balaban J connectivity index is 1.56. The molecule has 7 heteroatoms. The van der Waals surface area contributed by atoms with E-state index in [-0.39, 0.29) is 0 Å². The fourth-order valence-corrected chi connectivity index (χ4v) is 4.52. The van der Waals surface area contributed by atoms with Crippen molar-refractivity contribution in [2.45, 2.75) is 26.3 Å². The van der Waals surface area contributed by atoms with Gasteiger partial charge in [0, 0.05) is 47.3 Å². The Hall–Kier alpha value is -2.35. The number of thiophene rings is 1. The zero-order valence-corrected chi connectivity index (χ0v) is 17.8. The molecule has 0 bridgehead atoms. The highest BCUT2D eigenvalue weighted by Gasteiger charge is 2.24. The van der Waals surface area contributed by atoms with Gasteiger partial charge in [0.05, 0.1) is 19.3 Å². The van der Waals surface area contributed by atoms with Crippen molar-refractivity contribution in [1.82, 2.24) is 19.9 Å². The first kappa shape index (κ1) is 19.9. The fourth-order valence-electron chi connectivity index (χ4n) is 3.51. The van der Waals surface area contributed by atoms with E-state index < -0.39 is 0 Å². The molecule has 1 saturated heterocycles. The van der Waals surface area contributed by atoms with Crippen molar-refractivity contribution in [3.8, 4) is 11.5 Å². The molecule has 1 fully saturated rings. The molecule has 1 N–H and O–H groups in total. The van der Waals surface area contributed by atoms with Crippen molar-refractivity contribution in [3.05, 3.63) is 58.0 Å². The van der Waals surface area contributed by atoms with Gasteiger partial charge in [-0.2, -0.15) is 0 Å². The molecular formula is C22H27N5OS. The van der Waals surface area contributed by atoms with E-state index in [4.69, 9.17) is 9.72 Å². The lowest BCUT2D eigenvalue weighted by Crippen LogP contribution is -2.41. The number of ether oxygens (including phenoxy) is 1. The van der Waals surface area contributed by atoms with Crippen LogP contribution in [0.15, 0.2) is 42.6 Å². The Kier molecular flexibility index (Phi) is 6.49. The number of aromatic nitrogens is 3. The lowest BCUT2D eigenvalue weighted by atomic mass is 10.2. The zero-order valence-electron chi connectivity index (χ0n) is 17.0. The smallest absolute Gasteiger partial charge is 0.180 e. The fraction of sp³-hybridized carbons (Fsp3) is 0.409. The number of hydrogen-bond donors (Lipinski definition) is 1. The van der Waals surface area contributed by atoms with E-state index in [9.17, 15) is 0 Å². The highest BCUT2D eigenvalue weighted by molar-refractivity contribution is 7.12. The molecule has 0 saturated carbocycles. The van der Waals surface area contributed by atoms with E-state index in [1.807, 2.05) is 35.6 Å². The average molecular weight is 410 g/mol. The molecule has 29 heavy (non-hydrogen) atoms. The Bertz CT molecular complexity index is 924. The number of hydrogen-bond acceptors (Lipinski definition) is 7. The van der Waals surface area contributed by atoms with Gasteiger partial charge < -0.3 is 10.1 Å². The van der Waals surface area contributed by atoms with E-state index in [1.54, 1.807) is 6.20 Å². The summed E-state index contributed by atoms with van der Waals surface area (Å²) in [6.07, 6.45) is 2.63. The standard InChI is InChI=1S/C22H27N5OS/c1-3-17-14-21(26-22(25-17)18-6-4-5-9-23-18)24-15-19(20-8-7-16(2)29-20)27-10-12-28-13-11-27/h4-9,14,19H,3,10-13,15H2,1-2H3,(H,24,25,26). The number of nitrogens with zero attached hydrogens (tertiary/aromatic N) is 4. The Morgan fingerprint density at radius 2 is 2.03 bits per heavy atom. The second-order valence-corrected chi connectivity index (χ2v) is 8.45. The highest BCUT2D eigenvalue weighted by atomic mass is 32.1. The quantitative estimate of drug-likeness (QED) is 0.637. The van der Waals surface area contributed by atoms with Gasteiger partial charge in [0.25, 0.3) is 0 Å². The van der Waals surface area contributed by atoms with Gasteiger partial charge in [-0.15, -0.1) is 11.3 Å². The SMILES string of the molecule is CCc1cc(NCC(c2ccc(C)s2)N2CCOCC2)nc(-c2ccccn2)n1. The summed E-state index contributed by atoms with van der Waals surface area (Å²) < 4.78 is 5.56. The molecule has 0 amide bonds. The van der Waals surface area contributed by atoms with Crippen molar-refractivity contribution < 1.29 is 4.74 Å². The number of aryl methyl sites for hydroxylation is 2. The van der Waals surface area contributed by atoms with Gasteiger partial charge in [-0.1, -0.05) is 13.0 Å². The molecule has 0 aromatic carbocycles. The van der Waals surface area contributed by atoms with Crippen LogP contribution in [0, 0.1) is 6.92 Å². The molecule has 0 radical (unpaired) electrons. The first-order valence-electron chi connectivity index (χ1n) is 10.1. The summed E-state index contributed by atoms with van der Waals surface area (Å²) in [4.78, 5) is 19.0. The molecule has 0 aliphatic carbocycles. The van der Waals surface area contributed by atoms with Crippen LogP contribution in [0.4, 0.5) is 5.82 Å². The third kappa shape index (κ3) is 4.98. The van der Waals surface area contributed by atoms with Gasteiger partial charge in [0.2, 0.25) is 0 Å². The Morgan fingerprint density at radius 1 is 1.17 bits per heavy atom. The number of morpholine rings is 1. The van der Waals surface area contributed by atoms with Crippen LogP contribution in [0.5, 0.6) is 0 Å². The van der Waals surface area contributed by atoms with Crippen LogP contribution < -0.4 is 5.32 Å². The van der Waals surface area contributed by atoms with Gasteiger partial charge in [0.15, 0.2) is 5.82 Å². The van der Waals surface area contributed by atoms with E-state index in [2.05, 4.69) is 46.2 Å². The number of anilines is 1. The largest absolute Gasteiger partial charge is 0.379 e. The average Bonchev–Trinajstić information content (AvgIpc) is 3.21. The van der Waals surface area contributed by atoms with E-state index in [1.165, 1.54) is 9.75 Å². The predicted octanol–water partition coefficient (Wildman–Crippen LogP) is 3.96. The molecule has 1 aliphatic rings. The lowest BCUT2D eigenvalue weighted by Gasteiger charge is -2.34. The van der Waals surface area contributed by atoms with Gasteiger partial charge in [-0.3, -0.25) is 9.88 Å². The van der Waals surface area contributed by atoms with Crippen LogP contribution in [0.2, 0.25) is 0 Å². The monoisotopic (exact) mass is 409 g/mol. The third-order valence-corrected chi connectivity index (χ3v) is 6.19. The first-order chi connectivity index (χ1) is 14.2. The van der Waals surface area contributed by atoms with E-state index in [0.717, 1.165) is 56.5 Å². The van der Waals surface area contributed by atoms with Crippen molar-refractivity contribution in [2.24, 2.45) is 0 Å². The minimum absolute atomic E-state index is 0.302. The second-order valence-electron chi connectivity index (χ2n) is 7.13. The molecule has 0 spiro atoms. The molecule has 1 unspecified atom stereocenters. The van der Waals surface area contributed by atoms with Crippen LogP contribution in [0.1, 0.15) is 28.4 Å². The van der Waals surface area contributed by atoms with Gasteiger partial charge in [0.1, 0.15) is 11.5 Å². The minimum Gasteiger partial charge on any atom is -0.379 e. The maximum Gasteiger partial charge on any atom is 0.180 e. The highest BCUT2D eigenvalue weighted by Crippen LogP contribution is 2.29. The summed E-state index contributed by atoms with van der Waals surface area (Å²) in [5.74, 6) is 1.52. The topological polar surface area (TPSA) is 63.2 Å². The van der Waals surface area contributed by atoms with Crippen LogP contribution >= 0.6 is 11.3 Å². The minimum atomic E-state index is 0.302. The molecule has 1 aliphatic heterocycles. The van der Waals surface area contributed by atoms with Crippen molar-refractivity contribution in [3.63, 3.8) is 0 Å². The molecule has 6 nitrogen and oxygen atoms in total. The van der Waals surface area contributed by atoms with Gasteiger partial charge in [-0.25, -0.2) is 9.97 Å². The number of pyridine rings is 1. The normalized spacial score (nSPS) is 15.9. The van der Waals surface area contributed by atoms with Crippen LogP contribution in [-0.4, -0.2) is 52.7 Å². The molecule has 1 atom stereocenters. The molecular weight excluding hydrogens is 382 g/mol. The summed E-state index contributed by atoms with van der Waals surface area (Å²) in [6.45, 7) is 8.55. The Morgan fingerprint density at radius 3 is 2.72 bits per heavy atom. The maximum absolute atomic E-state index is 5.56. The van der Waals surface area contributed by atoms with E-state index in [0.29, 0.717) is 11.9 Å². The van der Waals surface area contributed by atoms with Gasteiger partial charge in [-0.05, 0) is 37.6 Å². The zero-order chi connectivity index (χ0) is 20.1. The summed E-state index contributed by atoms with van der Waals surface area (Å²) in [7, 11) is 0. The summed E-state index contributed by atoms with van der Waals surface area (Å²) in [6, 6.07) is 12.6. The summed E-state index contributed by atoms with van der Waals surface area (Å²) >= 11 is 1.87. The van der Waals surface area contributed by atoms with Crippen LogP contribution in [-0.2, 0) is 11.2 Å². The molecule has 3 aromatic rings. The van der Waals surface area contributed by atoms with Crippen molar-refractivity contribution in [2.75, 3.05) is 38.2 Å².